The van der Waals surface area contributed by atoms with Crippen LogP contribution < -0.4 is 0 Å². The van der Waals surface area contributed by atoms with Gasteiger partial charge in [0.05, 0.1) is 5.25 Å². The zero-order valence-corrected chi connectivity index (χ0v) is 9.24. The van der Waals surface area contributed by atoms with Crippen molar-refractivity contribution in [3.63, 3.8) is 0 Å². The van der Waals surface area contributed by atoms with Crippen LogP contribution >= 0.6 is 10.7 Å². The fraction of sp³-hybridized carbons (Fsp3) is 0.750. The van der Waals surface area contributed by atoms with Gasteiger partial charge in [-0.05, 0) is 11.8 Å². The monoisotopic (exact) mass is 210 g/mol. The van der Waals surface area contributed by atoms with Gasteiger partial charge in [0, 0.05) is 10.7 Å². The van der Waals surface area contributed by atoms with Gasteiger partial charge >= 0.3 is 0 Å². The summed E-state index contributed by atoms with van der Waals surface area (Å²) in [6.45, 7) is 9.34. The molecule has 0 amide bonds. The van der Waals surface area contributed by atoms with E-state index in [2.05, 4.69) is 6.58 Å². The molecule has 0 aromatic rings. The fourth-order valence-corrected chi connectivity index (χ4v) is 2.24. The van der Waals surface area contributed by atoms with E-state index >= 15 is 0 Å². The van der Waals surface area contributed by atoms with Crippen LogP contribution in [0, 0.1) is 5.41 Å². The number of hydrogen-bond acceptors (Lipinski definition) is 2. The summed E-state index contributed by atoms with van der Waals surface area (Å²) in [5.74, 6) is 0. The Kier molecular flexibility index (Phi) is 3.79. The summed E-state index contributed by atoms with van der Waals surface area (Å²) in [6, 6.07) is 0. The van der Waals surface area contributed by atoms with Crippen molar-refractivity contribution in [3.8, 4) is 0 Å². The molecule has 0 rings (SSSR count). The van der Waals surface area contributed by atoms with E-state index < -0.39 is 14.3 Å². The average molecular weight is 211 g/mol. The summed E-state index contributed by atoms with van der Waals surface area (Å²) in [7, 11) is 1.71. The molecule has 0 saturated carbocycles. The van der Waals surface area contributed by atoms with Crippen molar-refractivity contribution in [2.24, 2.45) is 5.41 Å². The maximum absolute atomic E-state index is 10.9. The van der Waals surface area contributed by atoms with Crippen molar-refractivity contribution < 1.29 is 8.42 Å². The average Bonchev–Trinajstić information content (AvgIpc) is 1.78. The van der Waals surface area contributed by atoms with Crippen LogP contribution in [-0.2, 0) is 9.05 Å². The fourth-order valence-electron chi connectivity index (χ4n) is 0.901. The Labute approximate surface area is 79.0 Å². The molecule has 0 N–H and O–H groups in total. The van der Waals surface area contributed by atoms with E-state index in [1.54, 1.807) is 0 Å². The van der Waals surface area contributed by atoms with Crippen LogP contribution in [0.3, 0.4) is 0 Å². The first-order valence-corrected chi connectivity index (χ1v) is 6.10. The molecule has 1 unspecified atom stereocenters. The minimum atomic E-state index is -3.49. The third-order valence-corrected chi connectivity index (χ3v) is 3.21. The van der Waals surface area contributed by atoms with Gasteiger partial charge in [-0.15, -0.1) is 6.58 Å². The molecular formula is C8H15ClO2S. The van der Waals surface area contributed by atoms with Gasteiger partial charge in [-0.2, -0.15) is 0 Å². The summed E-state index contributed by atoms with van der Waals surface area (Å²) in [5.41, 5.74) is -0.0547. The molecule has 1 atom stereocenters. The molecule has 0 heterocycles. The summed E-state index contributed by atoms with van der Waals surface area (Å²) >= 11 is 0. The van der Waals surface area contributed by atoms with Gasteiger partial charge in [-0.25, -0.2) is 8.42 Å². The maximum atomic E-state index is 10.9. The summed E-state index contributed by atoms with van der Waals surface area (Å²) in [4.78, 5) is 0. The standard InChI is InChI=1S/C8H15ClO2S/c1-5-7(12(9,10)11)6-8(2,3)4/h5,7H,1,6H2,2-4H3. The highest BCUT2D eigenvalue weighted by Crippen LogP contribution is 2.26. The lowest BCUT2D eigenvalue weighted by Gasteiger charge is -2.21. The zero-order chi connectivity index (χ0) is 9.99. The van der Waals surface area contributed by atoms with Crippen molar-refractivity contribution in [2.75, 3.05) is 0 Å². The Bertz CT molecular complexity index is 249. The van der Waals surface area contributed by atoms with Gasteiger partial charge < -0.3 is 0 Å². The van der Waals surface area contributed by atoms with Gasteiger partial charge in [-0.3, -0.25) is 0 Å². The van der Waals surface area contributed by atoms with E-state index in [1.165, 1.54) is 6.08 Å². The van der Waals surface area contributed by atoms with Crippen molar-refractivity contribution in [3.05, 3.63) is 12.7 Å². The highest BCUT2D eigenvalue weighted by Gasteiger charge is 2.25. The molecule has 4 heteroatoms. The Morgan fingerprint density at radius 1 is 1.50 bits per heavy atom. The minimum Gasteiger partial charge on any atom is -0.212 e. The van der Waals surface area contributed by atoms with Gasteiger partial charge in [0.25, 0.3) is 0 Å². The zero-order valence-electron chi connectivity index (χ0n) is 7.67. The van der Waals surface area contributed by atoms with Crippen LogP contribution in [0.2, 0.25) is 0 Å². The molecule has 0 aliphatic heterocycles. The smallest absolute Gasteiger partial charge is 0.212 e. The second kappa shape index (κ2) is 3.79. The molecule has 0 aliphatic carbocycles. The quantitative estimate of drug-likeness (QED) is 0.530. The first-order chi connectivity index (χ1) is 5.17. The summed E-state index contributed by atoms with van der Waals surface area (Å²) in [6.07, 6.45) is 1.88. The van der Waals surface area contributed by atoms with Gasteiger partial charge in [0.1, 0.15) is 0 Å². The predicted molar refractivity (Wildman–Crippen MR) is 52.8 cm³/mol. The van der Waals surface area contributed by atoms with Crippen LogP contribution in [0.25, 0.3) is 0 Å². The maximum Gasteiger partial charge on any atom is 0.239 e. The van der Waals surface area contributed by atoms with E-state index in [0.29, 0.717) is 6.42 Å². The SMILES string of the molecule is C=CC(CC(C)(C)C)S(=O)(=O)Cl. The van der Waals surface area contributed by atoms with Crippen LogP contribution in [0.1, 0.15) is 27.2 Å². The van der Waals surface area contributed by atoms with E-state index in [-0.39, 0.29) is 5.41 Å². The van der Waals surface area contributed by atoms with E-state index in [0.717, 1.165) is 0 Å². The topological polar surface area (TPSA) is 34.1 Å². The van der Waals surface area contributed by atoms with Crippen molar-refractivity contribution in [1.82, 2.24) is 0 Å². The molecule has 72 valence electrons. The second-order valence-corrected chi connectivity index (χ2v) is 6.86. The normalized spacial score (nSPS) is 15.7. The van der Waals surface area contributed by atoms with Crippen molar-refractivity contribution in [2.45, 2.75) is 32.4 Å². The Morgan fingerprint density at radius 2 is 1.92 bits per heavy atom. The van der Waals surface area contributed by atoms with Crippen molar-refractivity contribution in [1.29, 1.82) is 0 Å². The molecule has 0 bridgehead atoms. The lowest BCUT2D eigenvalue weighted by Crippen LogP contribution is -2.21. The molecule has 0 radical (unpaired) electrons. The van der Waals surface area contributed by atoms with Gasteiger partial charge in [0.15, 0.2) is 0 Å². The first kappa shape index (κ1) is 12.0. The van der Waals surface area contributed by atoms with Crippen molar-refractivity contribution >= 4 is 19.7 Å². The molecule has 12 heavy (non-hydrogen) atoms. The summed E-state index contributed by atoms with van der Waals surface area (Å²) < 4.78 is 21.9. The molecule has 2 nitrogen and oxygen atoms in total. The molecule has 0 aromatic heterocycles. The Morgan fingerprint density at radius 3 is 2.00 bits per heavy atom. The number of hydrogen-bond donors (Lipinski definition) is 0. The number of rotatable bonds is 3. The molecule has 0 saturated heterocycles. The van der Waals surface area contributed by atoms with E-state index in [1.807, 2.05) is 20.8 Å². The first-order valence-electron chi connectivity index (χ1n) is 3.73. The minimum absolute atomic E-state index is 0.0547. The van der Waals surface area contributed by atoms with Gasteiger partial charge in [0.2, 0.25) is 9.05 Å². The third kappa shape index (κ3) is 4.78. The molecule has 0 spiro atoms. The lowest BCUT2D eigenvalue weighted by molar-refractivity contribution is 0.381. The highest BCUT2D eigenvalue weighted by atomic mass is 35.7. The van der Waals surface area contributed by atoms with Crippen LogP contribution in [-0.4, -0.2) is 13.7 Å². The molecule has 0 aliphatic rings. The predicted octanol–water partition coefficient (Wildman–Crippen LogP) is 2.55. The van der Waals surface area contributed by atoms with E-state index in [4.69, 9.17) is 10.7 Å². The van der Waals surface area contributed by atoms with Crippen LogP contribution in [0.4, 0.5) is 0 Å². The Hall–Kier alpha value is -0.0200. The summed E-state index contributed by atoms with van der Waals surface area (Å²) in [5, 5.41) is -0.640. The molecular weight excluding hydrogens is 196 g/mol. The molecule has 0 fully saturated rings. The largest absolute Gasteiger partial charge is 0.239 e. The van der Waals surface area contributed by atoms with Crippen LogP contribution in [0.15, 0.2) is 12.7 Å². The molecule has 0 aromatic carbocycles. The van der Waals surface area contributed by atoms with E-state index in [9.17, 15) is 8.42 Å². The lowest BCUT2D eigenvalue weighted by atomic mass is 9.90. The second-order valence-electron chi connectivity index (χ2n) is 4.01. The Balaban J connectivity index is 4.52. The van der Waals surface area contributed by atoms with Crippen LogP contribution in [0.5, 0.6) is 0 Å². The third-order valence-electron chi connectivity index (χ3n) is 1.44. The number of halogens is 1. The highest BCUT2D eigenvalue weighted by molar-refractivity contribution is 8.14. The van der Waals surface area contributed by atoms with Gasteiger partial charge in [-0.1, -0.05) is 26.8 Å².